The molecule has 0 unspecified atom stereocenters. The zero-order valence-corrected chi connectivity index (χ0v) is 11.5. The fraction of sp³-hybridized carbons (Fsp3) is 0.118. The van der Waals surface area contributed by atoms with E-state index in [9.17, 15) is 9.59 Å². The Morgan fingerprint density at radius 1 is 1.33 bits per heavy atom. The zero-order chi connectivity index (χ0) is 14.8. The van der Waals surface area contributed by atoms with E-state index in [1.807, 2.05) is 37.1 Å². The summed E-state index contributed by atoms with van der Waals surface area (Å²) in [5.74, 6) is 1.81. The molecule has 1 aromatic heterocycles. The first-order valence-corrected chi connectivity index (χ1v) is 6.59. The van der Waals surface area contributed by atoms with Crippen molar-refractivity contribution in [1.82, 2.24) is 4.98 Å². The van der Waals surface area contributed by atoms with Crippen molar-refractivity contribution < 1.29 is 14.3 Å². The van der Waals surface area contributed by atoms with Crippen LogP contribution in [0.4, 0.5) is 0 Å². The number of aromatic nitrogens is 1. The maximum Gasteiger partial charge on any atom is 0.360 e. The van der Waals surface area contributed by atoms with Crippen LogP contribution in [0.15, 0.2) is 53.8 Å². The van der Waals surface area contributed by atoms with Gasteiger partial charge in [-0.05, 0) is 30.7 Å². The van der Waals surface area contributed by atoms with E-state index < -0.39 is 5.97 Å². The van der Waals surface area contributed by atoms with Crippen LogP contribution in [-0.4, -0.2) is 16.9 Å². The predicted molar refractivity (Wildman–Crippen MR) is 79.5 cm³/mol. The average Bonchev–Trinajstić information content (AvgIpc) is 2.85. The van der Waals surface area contributed by atoms with Crippen LogP contribution in [0.2, 0.25) is 0 Å². The maximum atomic E-state index is 12.3. The van der Waals surface area contributed by atoms with E-state index in [4.69, 9.17) is 4.74 Å². The quantitative estimate of drug-likeness (QED) is 0.678. The molecule has 0 radical (unpaired) electrons. The van der Waals surface area contributed by atoms with E-state index in [0.717, 1.165) is 16.5 Å². The average molecular weight is 279 g/mol. The molecule has 1 aliphatic carbocycles. The van der Waals surface area contributed by atoms with Gasteiger partial charge in [-0.1, -0.05) is 24.3 Å². The minimum atomic E-state index is -0.449. The second-order valence-corrected chi connectivity index (χ2v) is 4.86. The molecule has 1 N–H and O–H groups in total. The van der Waals surface area contributed by atoms with Crippen molar-refractivity contribution in [3.8, 4) is 0 Å². The molecule has 0 saturated carbocycles. The Labute approximate surface area is 121 Å². The molecule has 1 aromatic carbocycles. The number of carbonyl (C=O) groups excluding carboxylic acids is 2. The minimum Gasteiger partial charge on any atom is -0.426 e. The predicted octanol–water partition coefficient (Wildman–Crippen LogP) is 3.23. The number of esters is 1. The van der Waals surface area contributed by atoms with Crippen LogP contribution in [0, 0.1) is 6.92 Å². The first kappa shape index (κ1) is 13.2. The molecule has 1 heterocycles. The second kappa shape index (κ2) is 5.27. The number of aryl methyl sites for hydroxylation is 1. The van der Waals surface area contributed by atoms with E-state index in [1.54, 1.807) is 18.2 Å². The van der Waals surface area contributed by atoms with E-state index >= 15 is 0 Å². The number of H-pyrrole nitrogens is 1. The molecule has 0 amide bonds. The lowest BCUT2D eigenvalue weighted by Crippen LogP contribution is -2.08. The number of carbonyl (C=O) groups is 1. The van der Waals surface area contributed by atoms with E-state index in [-0.39, 0.29) is 6.42 Å². The summed E-state index contributed by atoms with van der Waals surface area (Å²) < 4.78 is 5.36. The molecular formula is C17H13NO3. The van der Waals surface area contributed by atoms with E-state index in [2.05, 4.69) is 4.98 Å². The van der Waals surface area contributed by atoms with Gasteiger partial charge < -0.3 is 9.72 Å². The van der Waals surface area contributed by atoms with Gasteiger partial charge in [0, 0.05) is 22.9 Å². The number of benzene rings is 1. The van der Waals surface area contributed by atoms with Gasteiger partial charge in [-0.15, -0.1) is 0 Å². The van der Waals surface area contributed by atoms with Crippen molar-refractivity contribution in [1.29, 1.82) is 0 Å². The molecule has 4 nitrogen and oxygen atoms in total. The number of hydrogen-bond acceptors (Lipinski definition) is 3. The lowest BCUT2D eigenvalue weighted by atomic mass is 10.1. The van der Waals surface area contributed by atoms with Gasteiger partial charge in [-0.3, -0.25) is 0 Å². The summed E-state index contributed by atoms with van der Waals surface area (Å²) in [6.07, 6.45) is 5.28. The number of hydrogen-bond donors (Lipinski definition) is 1. The first-order valence-electron chi connectivity index (χ1n) is 6.59. The third-order valence-electron chi connectivity index (χ3n) is 3.47. The minimum absolute atomic E-state index is 0.283. The Morgan fingerprint density at radius 3 is 2.90 bits per heavy atom. The third-order valence-corrected chi connectivity index (χ3v) is 3.47. The Hall–Kier alpha value is -2.84. The fourth-order valence-electron chi connectivity index (χ4n) is 2.37. The summed E-state index contributed by atoms with van der Waals surface area (Å²) in [4.78, 5) is 26.0. The van der Waals surface area contributed by atoms with Crippen LogP contribution < -0.4 is 0 Å². The SMILES string of the molecule is Cc1c(C(=O)OC2=CC=CC(=C=O)C2)[nH]c2ccccc12. The summed E-state index contributed by atoms with van der Waals surface area (Å²) in [5.41, 5.74) is 2.65. The Kier molecular flexibility index (Phi) is 3.30. The molecule has 0 aliphatic heterocycles. The maximum absolute atomic E-state index is 12.3. The third kappa shape index (κ3) is 2.45. The lowest BCUT2D eigenvalue weighted by molar-refractivity contribution is 0.0612. The van der Waals surface area contributed by atoms with Crippen LogP contribution in [-0.2, 0) is 9.53 Å². The monoisotopic (exact) mass is 279 g/mol. The molecule has 0 spiro atoms. The number of para-hydroxylation sites is 1. The van der Waals surface area contributed by atoms with Gasteiger partial charge in [-0.25, -0.2) is 9.59 Å². The molecule has 0 fully saturated rings. The van der Waals surface area contributed by atoms with Gasteiger partial charge in [-0.2, -0.15) is 0 Å². The molecule has 1 aliphatic rings. The number of nitrogens with one attached hydrogen (secondary N) is 1. The summed E-state index contributed by atoms with van der Waals surface area (Å²) in [6, 6.07) is 7.69. The highest BCUT2D eigenvalue weighted by Gasteiger charge is 2.18. The van der Waals surface area contributed by atoms with Gasteiger partial charge in [0.1, 0.15) is 17.4 Å². The van der Waals surface area contributed by atoms with Gasteiger partial charge in [0.15, 0.2) is 0 Å². The number of rotatable bonds is 2. The zero-order valence-electron chi connectivity index (χ0n) is 11.5. The first-order chi connectivity index (χ1) is 10.2. The Morgan fingerprint density at radius 2 is 2.14 bits per heavy atom. The summed E-state index contributed by atoms with van der Waals surface area (Å²) in [6.45, 7) is 1.88. The number of ether oxygens (including phenoxy) is 1. The lowest BCUT2D eigenvalue weighted by Gasteiger charge is -2.10. The summed E-state index contributed by atoms with van der Waals surface area (Å²) in [5, 5.41) is 0.996. The number of fused-ring (bicyclic) bond motifs is 1. The van der Waals surface area contributed by atoms with E-state index in [0.29, 0.717) is 17.0 Å². The van der Waals surface area contributed by atoms with Gasteiger partial charge in [0.05, 0.1) is 0 Å². The van der Waals surface area contributed by atoms with Crippen molar-refractivity contribution in [2.75, 3.05) is 0 Å². The van der Waals surface area contributed by atoms with Crippen LogP contribution >= 0.6 is 0 Å². The highest BCUT2D eigenvalue weighted by atomic mass is 16.5. The van der Waals surface area contributed by atoms with Crippen molar-refractivity contribution in [3.05, 3.63) is 65.1 Å². The van der Waals surface area contributed by atoms with Gasteiger partial charge in [0.2, 0.25) is 0 Å². The summed E-state index contributed by atoms with van der Waals surface area (Å²) in [7, 11) is 0. The smallest absolute Gasteiger partial charge is 0.360 e. The van der Waals surface area contributed by atoms with Crippen LogP contribution in [0.25, 0.3) is 10.9 Å². The largest absolute Gasteiger partial charge is 0.426 e. The van der Waals surface area contributed by atoms with Crippen molar-refractivity contribution in [2.24, 2.45) is 0 Å². The van der Waals surface area contributed by atoms with Gasteiger partial charge in [0.25, 0.3) is 0 Å². The van der Waals surface area contributed by atoms with Crippen molar-refractivity contribution in [3.63, 3.8) is 0 Å². The fourth-order valence-corrected chi connectivity index (χ4v) is 2.37. The van der Waals surface area contributed by atoms with Crippen molar-refractivity contribution >= 4 is 22.8 Å². The molecule has 3 rings (SSSR count). The van der Waals surface area contributed by atoms with Crippen LogP contribution in [0.5, 0.6) is 0 Å². The number of aromatic amines is 1. The normalized spacial score (nSPS) is 14.0. The molecular weight excluding hydrogens is 266 g/mol. The topological polar surface area (TPSA) is 59.2 Å². The number of allylic oxidation sites excluding steroid dienone is 4. The molecule has 104 valence electrons. The highest BCUT2D eigenvalue weighted by Crippen LogP contribution is 2.24. The molecule has 4 heteroatoms. The Bertz CT molecular complexity index is 833. The molecule has 0 saturated heterocycles. The second-order valence-electron chi connectivity index (χ2n) is 4.86. The Balaban J connectivity index is 1.88. The molecule has 2 aromatic rings. The van der Waals surface area contributed by atoms with Crippen molar-refractivity contribution in [2.45, 2.75) is 13.3 Å². The molecule has 21 heavy (non-hydrogen) atoms. The van der Waals surface area contributed by atoms with Gasteiger partial charge >= 0.3 is 5.97 Å². The standard InChI is InChI=1S/C17H13NO3/c1-11-14-7-2-3-8-15(14)18-16(11)17(20)21-13-6-4-5-12(9-13)10-19/h2-8,18H,9H2,1H3. The molecule has 0 atom stereocenters. The van der Waals surface area contributed by atoms with Crippen LogP contribution in [0.3, 0.4) is 0 Å². The summed E-state index contributed by atoms with van der Waals surface area (Å²) >= 11 is 0. The molecule has 0 bridgehead atoms. The highest BCUT2D eigenvalue weighted by molar-refractivity contribution is 5.98. The van der Waals surface area contributed by atoms with Crippen LogP contribution in [0.1, 0.15) is 22.5 Å². The van der Waals surface area contributed by atoms with E-state index in [1.165, 1.54) is 0 Å².